The van der Waals surface area contributed by atoms with Gasteiger partial charge in [-0.15, -0.1) is 24.0 Å². The van der Waals surface area contributed by atoms with Crippen molar-refractivity contribution in [2.75, 3.05) is 13.1 Å². The van der Waals surface area contributed by atoms with Gasteiger partial charge in [-0.25, -0.2) is 4.99 Å². The molecule has 1 aromatic carbocycles. The topological polar surface area (TPSA) is 77.0 Å². The Hall–Kier alpha value is -1.35. The molecule has 0 aromatic heterocycles. The number of carbonyl (C=O) groups is 1. The first-order valence-corrected chi connectivity index (χ1v) is 10.2. The zero-order valence-corrected chi connectivity index (χ0v) is 19.0. The molecule has 1 saturated heterocycles. The van der Waals surface area contributed by atoms with Gasteiger partial charge in [-0.1, -0.05) is 24.3 Å². The molecule has 2 aliphatic rings. The third-order valence-electron chi connectivity index (χ3n) is 5.37. The molecule has 1 aliphatic heterocycles. The highest BCUT2D eigenvalue weighted by Gasteiger charge is 2.20. The highest BCUT2D eigenvalue weighted by atomic mass is 127. The van der Waals surface area contributed by atoms with E-state index in [1.54, 1.807) is 0 Å². The van der Waals surface area contributed by atoms with Crippen LogP contribution in [-0.2, 0) is 17.9 Å². The normalized spacial score (nSPS) is 22.7. The van der Waals surface area contributed by atoms with Gasteiger partial charge in [0, 0.05) is 32.1 Å². The van der Waals surface area contributed by atoms with Gasteiger partial charge in [0.2, 0.25) is 5.91 Å². The van der Waals surface area contributed by atoms with E-state index in [0.29, 0.717) is 25.6 Å². The fourth-order valence-corrected chi connectivity index (χ4v) is 3.75. The average Bonchev–Trinajstić information content (AvgIpc) is 3.07. The molecular weight excluding hydrogens is 467 g/mol. The van der Waals surface area contributed by atoms with E-state index >= 15 is 0 Å². The minimum Gasteiger partial charge on any atom is -0.393 e. The van der Waals surface area contributed by atoms with Gasteiger partial charge in [0.1, 0.15) is 0 Å². The maximum Gasteiger partial charge on any atom is 0.222 e. The van der Waals surface area contributed by atoms with E-state index in [0.717, 1.165) is 56.7 Å². The van der Waals surface area contributed by atoms with E-state index < -0.39 is 0 Å². The second-order valence-electron chi connectivity index (χ2n) is 7.58. The number of aliphatic imine (C=N–C) groups is 1. The highest BCUT2D eigenvalue weighted by Crippen LogP contribution is 2.18. The van der Waals surface area contributed by atoms with Crippen LogP contribution in [0.3, 0.4) is 0 Å². The first-order valence-electron chi connectivity index (χ1n) is 10.2. The van der Waals surface area contributed by atoms with Gasteiger partial charge in [-0.05, 0) is 50.2 Å². The van der Waals surface area contributed by atoms with E-state index in [1.807, 2.05) is 4.90 Å². The van der Waals surface area contributed by atoms with E-state index in [1.165, 1.54) is 5.56 Å². The number of nitrogens with one attached hydrogen (secondary N) is 2. The standard InChI is InChI=1S/C21H32N4O2.HI/c1-2-22-21(24-18-9-11-19(26)12-10-18)23-14-16-5-7-17(8-6-16)15-25-13-3-4-20(25)27;/h5-8,18-19,26H,2-4,9-15H2,1H3,(H2,22,23,24);1H. The molecule has 0 atom stereocenters. The Morgan fingerprint density at radius 3 is 2.46 bits per heavy atom. The van der Waals surface area contributed by atoms with E-state index in [2.05, 4.69) is 41.8 Å². The lowest BCUT2D eigenvalue weighted by molar-refractivity contribution is -0.128. The third-order valence-corrected chi connectivity index (χ3v) is 5.37. The molecule has 156 valence electrons. The van der Waals surface area contributed by atoms with Crippen LogP contribution < -0.4 is 10.6 Å². The van der Waals surface area contributed by atoms with Crippen LogP contribution in [0.1, 0.15) is 56.6 Å². The summed E-state index contributed by atoms with van der Waals surface area (Å²) >= 11 is 0. The second-order valence-corrected chi connectivity index (χ2v) is 7.58. The SMILES string of the molecule is CCNC(=NCc1ccc(CN2CCCC2=O)cc1)NC1CCC(O)CC1.I. The van der Waals surface area contributed by atoms with Crippen LogP contribution in [0.25, 0.3) is 0 Å². The zero-order chi connectivity index (χ0) is 19.1. The van der Waals surface area contributed by atoms with Crippen LogP contribution in [0.2, 0.25) is 0 Å². The number of rotatable bonds is 6. The smallest absolute Gasteiger partial charge is 0.222 e. The van der Waals surface area contributed by atoms with Crippen molar-refractivity contribution in [3.8, 4) is 0 Å². The molecule has 1 heterocycles. The summed E-state index contributed by atoms with van der Waals surface area (Å²) < 4.78 is 0. The molecule has 6 nitrogen and oxygen atoms in total. The van der Waals surface area contributed by atoms with Crippen LogP contribution in [-0.4, -0.2) is 47.1 Å². The predicted molar refractivity (Wildman–Crippen MR) is 123 cm³/mol. The second kappa shape index (κ2) is 11.6. The van der Waals surface area contributed by atoms with Crippen molar-refractivity contribution < 1.29 is 9.90 Å². The van der Waals surface area contributed by atoms with Crippen LogP contribution in [0.5, 0.6) is 0 Å². The molecule has 0 bridgehead atoms. The number of nitrogens with zero attached hydrogens (tertiary/aromatic N) is 2. The summed E-state index contributed by atoms with van der Waals surface area (Å²) in [5.41, 5.74) is 2.33. The Bertz CT molecular complexity index is 642. The minimum atomic E-state index is -0.142. The number of aliphatic hydroxyl groups is 1. The van der Waals surface area contributed by atoms with E-state index in [9.17, 15) is 9.90 Å². The lowest BCUT2D eigenvalue weighted by Crippen LogP contribution is -2.45. The van der Waals surface area contributed by atoms with Crippen molar-refractivity contribution in [3.05, 3.63) is 35.4 Å². The molecule has 28 heavy (non-hydrogen) atoms. The molecular formula is C21H33IN4O2. The Morgan fingerprint density at radius 2 is 1.86 bits per heavy atom. The first-order chi connectivity index (χ1) is 13.1. The van der Waals surface area contributed by atoms with Crippen molar-refractivity contribution in [2.24, 2.45) is 4.99 Å². The van der Waals surface area contributed by atoms with Crippen LogP contribution >= 0.6 is 24.0 Å². The minimum absolute atomic E-state index is 0. The number of hydrogen-bond acceptors (Lipinski definition) is 3. The maximum absolute atomic E-state index is 11.7. The van der Waals surface area contributed by atoms with E-state index in [-0.39, 0.29) is 36.0 Å². The lowest BCUT2D eigenvalue weighted by atomic mass is 9.93. The first kappa shape index (κ1) is 22.9. The molecule has 2 fully saturated rings. The van der Waals surface area contributed by atoms with Gasteiger partial charge < -0.3 is 20.6 Å². The Labute approximate surface area is 185 Å². The van der Waals surface area contributed by atoms with Gasteiger partial charge in [0.25, 0.3) is 0 Å². The number of amides is 1. The summed E-state index contributed by atoms with van der Waals surface area (Å²) in [5.74, 6) is 1.10. The average molecular weight is 500 g/mol. The Balaban J connectivity index is 0.00000280. The maximum atomic E-state index is 11.7. The summed E-state index contributed by atoms with van der Waals surface area (Å²) in [6, 6.07) is 8.77. The molecule has 7 heteroatoms. The fourth-order valence-electron chi connectivity index (χ4n) is 3.75. The summed E-state index contributed by atoms with van der Waals surface area (Å²) in [7, 11) is 0. The van der Waals surface area contributed by atoms with Crippen molar-refractivity contribution >= 4 is 35.8 Å². The molecule has 1 aliphatic carbocycles. The number of aliphatic hydroxyl groups excluding tert-OH is 1. The van der Waals surface area contributed by atoms with Crippen molar-refractivity contribution in [1.82, 2.24) is 15.5 Å². The number of carbonyl (C=O) groups excluding carboxylic acids is 1. The third kappa shape index (κ3) is 6.92. The number of hydrogen-bond donors (Lipinski definition) is 3. The van der Waals surface area contributed by atoms with E-state index in [4.69, 9.17) is 4.99 Å². The molecule has 0 spiro atoms. The van der Waals surface area contributed by atoms with Gasteiger partial charge >= 0.3 is 0 Å². The molecule has 1 saturated carbocycles. The van der Waals surface area contributed by atoms with Gasteiger partial charge in [-0.2, -0.15) is 0 Å². The number of halogens is 1. The highest BCUT2D eigenvalue weighted by molar-refractivity contribution is 14.0. The summed E-state index contributed by atoms with van der Waals surface area (Å²) in [4.78, 5) is 18.4. The summed E-state index contributed by atoms with van der Waals surface area (Å²) in [6.45, 7) is 5.09. The molecule has 3 rings (SSSR count). The molecule has 1 aromatic rings. The van der Waals surface area contributed by atoms with Crippen LogP contribution in [0.4, 0.5) is 0 Å². The monoisotopic (exact) mass is 500 g/mol. The molecule has 1 amide bonds. The Morgan fingerprint density at radius 1 is 1.18 bits per heavy atom. The molecule has 0 unspecified atom stereocenters. The lowest BCUT2D eigenvalue weighted by Gasteiger charge is -2.27. The van der Waals surface area contributed by atoms with Crippen molar-refractivity contribution in [2.45, 2.75) is 70.7 Å². The van der Waals surface area contributed by atoms with Crippen LogP contribution in [0, 0.1) is 0 Å². The quantitative estimate of drug-likeness (QED) is 0.319. The van der Waals surface area contributed by atoms with Crippen molar-refractivity contribution in [1.29, 1.82) is 0 Å². The number of benzene rings is 1. The Kier molecular flexibility index (Phi) is 9.50. The largest absolute Gasteiger partial charge is 0.393 e. The number of likely N-dealkylation sites (tertiary alicyclic amines) is 1. The molecule has 0 radical (unpaired) electrons. The van der Waals surface area contributed by atoms with Crippen LogP contribution in [0.15, 0.2) is 29.3 Å². The molecule has 3 N–H and O–H groups in total. The number of guanidine groups is 1. The zero-order valence-electron chi connectivity index (χ0n) is 16.7. The fraction of sp³-hybridized carbons (Fsp3) is 0.619. The van der Waals surface area contributed by atoms with Gasteiger partial charge in [0.15, 0.2) is 5.96 Å². The summed E-state index contributed by atoms with van der Waals surface area (Å²) in [6.07, 6.45) is 5.21. The summed E-state index contributed by atoms with van der Waals surface area (Å²) in [5, 5.41) is 16.5. The van der Waals surface area contributed by atoms with Gasteiger partial charge in [0.05, 0.1) is 12.6 Å². The predicted octanol–water partition coefficient (Wildman–Crippen LogP) is 2.79. The van der Waals surface area contributed by atoms with Crippen molar-refractivity contribution in [3.63, 3.8) is 0 Å². The van der Waals surface area contributed by atoms with Gasteiger partial charge in [-0.3, -0.25) is 4.79 Å².